The van der Waals surface area contributed by atoms with Crippen LogP contribution in [-0.2, 0) is 0 Å². The van der Waals surface area contributed by atoms with Crippen LogP contribution in [0, 0.1) is 5.92 Å². The van der Waals surface area contributed by atoms with Crippen LogP contribution in [0.3, 0.4) is 0 Å². The Morgan fingerprint density at radius 3 is 3.00 bits per heavy atom. The first-order valence-corrected chi connectivity index (χ1v) is 5.83. The lowest BCUT2D eigenvalue weighted by Gasteiger charge is -2.12. The third-order valence-electron chi connectivity index (χ3n) is 3.55. The van der Waals surface area contributed by atoms with Gasteiger partial charge in [0.1, 0.15) is 11.8 Å². The quantitative estimate of drug-likeness (QED) is 0.798. The van der Waals surface area contributed by atoms with Crippen LogP contribution in [0.1, 0.15) is 25.3 Å². The Bertz CT molecular complexity index is 538. The number of anilines is 1. The van der Waals surface area contributed by atoms with Gasteiger partial charge >= 0.3 is 0 Å². The van der Waals surface area contributed by atoms with E-state index in [0.717, 1.165) is 24.9 Å². The molecule has 6 heteroatoms. The molecule has 17 heavy (non-hydrogen) atoms. The van der Waals surface area contributed by atoms with Gasteiger partial charge in [-0.15, -0.1) is 0 Å². The Morgan fingerprint density at radius 1 is 1.35 bits per heavy atom. The van der Waals surface area contributed by atoms with Crippen LogP contribution in [-0.4, -0.2) is 31.2 Å². The van der Waals surface area contributed by atoms with Crippen molar-refractivity contribution in [2.45, 2.75) is 25.3 Å². The number of rotatable bonds is 2. The van der Waals surface area contributed by atoms with Crippen LogP contribution in [0.25, 0.3) is 11.2 Å². The second-order valence-corrected chi connectivity index (χ2v) is 4.60. The number of hydrogen-bond acceptors (Lipinski definition) is 5. The fourth-order valence-corrected chi connectivity index (χ4v) is 2.60. The molecule has 1 saturated carbocycles. The summed E-state index contributed by atoms with van der Waals surface area (Å²) in [6, 6.07) is 0.367. The zero-order valence-electron chi connectivity index (χ0n) is 9.45. The second-order valence-electron chi connectivity index (χ2n) is 4.60. The van der Waals surface area contributed by atoms with E-state index in [4.69, 9.17) is 10.8 Å². The predicted octanol–water partition coefficient (Wildman–Crippen LogP) is 0.742. The highest BCUT2D eigenvalue weighted by atomic mass is 16.3. The summed E-state index contributed by atoms with van der Waals surface area (Å²) in [6.45, 7) is 0.264. The Balaban J connectivity index is 1.99. The van der Waals surface area contributed by atoms with Gasteiger partial charge in [0, 0.05) is 12.6 Å². The van der Waals surface area contributed by atoms with Crippen LogP contribution < -0.4 is 5.73 Å². The van der Waals surface area contributed by atoms with Gasteiger partial charge in [-0.05, 0) is 25.2 Å². The molecular weight excluding hydrogens is 218 g/mol. The first kappa shape index (κ1) is 10.5. The highest BCUT2D eigenvalue weighted by Crippen LogP contribution is 2.35. The molecule has 0 saturated heterocycles. The van der Waals surface area contributed by atoms with Crippen LogP contribution >= 0.6 is 0 Å². The van der Waals surface area contributed by atoms with Gasteiger partial charge in [-0.2, -0.15) is 0 Å². The molecule has 2 aromatic heterocycles. The van der Waals surface area contributed by atoms with E-state index in [1.165, 1.54) is 6.33 Å². The smallest absolute Gasteiger partial charge is 0.165 e. The number of nitrogens with two attached hydrogens (primary N) is 1. The zero-order chi connectivity index (χ0) is 11.8. The number of aromatic nitrogens is 4. The summed E-state index contributed by atoms with van der Waals surface area (Å²) >= 11 is 0. The summed E-state index contributed by atoms with van der Waals surface area (Å²) in [6.07, 6.45) is 6.34. The van der Waals surface area contributed by atoms with Gasteiger partial charge in [-0.3, -0.25) is 0 Å². The normalized spacial score (nSPS) is 24.5. The van der Waals surface area contributed by atoms with Crippen molar-refractivity contribution in [2.75, 3.05) is 12.3 Å². The standard InChI is InChI=1S/C11H15N5O/c12-10-9-11(14-5-13-10)16(6-15-9)8-2-1-7(3-8)4-17/h5-8,17H,1-4H2,(H2,12,13,14)/t7-,8+/m1/s1. The molecule has 0 amide bonds. The second kappa shape index (κ2) is 3.96. The summed E-state index contributed by atoms with van der Waals surface area (Å²) < 4.78 is 2.06. The summed E-state index contributed by atoms with van der Waals surface area (Å²) in [5, 5.41) is 9.17. The average molecular weight is 233 g/mol. The summed E-state index contributed by atoms with van der Waals surface area (Å²) in [7, 11) is 0. The van der Waals surface area contributed by atoms with Crippen molar-refractivity contribution in [1.29, 1.82) is 0 Å². The van der Waals surface area contributed by atoms with Crippen molar-refractivity contribution in [1.82, 2.24) is 19.5 Å². The van der Waals surface area contributed by atoms with Crippen LogP contribution in [0.15, 0.2) is 12.7 Å². The monoisotopic (exact) mass is 233 g/mol. The molecule has 0 aliphatic heterocycles. The molecule has 90 valence electrons. The van der Waals surface area contributed by atoms with Crippen molar-refractivity contribution >= 4 is 17.0 Å². The molecule has 1 fully saturated rings. The molecule has 6 nitrogen and oxygen atoms in total. The number of aliphatic hydroxyl groups excluding tert-OH is 1. The van der Waals surface area contributed by atoms with E-state index in [0.29, 0.717) is 23.3 Å². The Kier molecular flexibility index (Phi) is 2.44. The molecule has 1 aliphatic carbocycles. The first-order chi connectivity index (χ1) is 8.29. The molecule has 0 aromatic carbocycles. The van der Waals surface area contributed by atoms with Crippen molar-refractivity contribution in [2.24, 2.45) is 5.92 Å². The topological polar surface area (TPSA) is 89.9 Å². The molecule has 2 heterocycles. The first-order valence-electron chi connectivity index (χ1n) is 5.83. The number of imidazole rings is 1. The Hall–Kier alpha value is -1.69. The lowest BCUT2D eigenvalue weighted by atomic mass is 10.1. The van der Waals surface area contributed by atoms with E-state index >= 15 is 0 Å². The molecule has 0 bridgehead atoms. The molecule has 2 aromatic rings. The zero-order valence-corrected chi connectivity index (χ0v) is 9.45. The van der Waals surface area contributed by atoms with E-state index in [9.17, 15) is 0 Å². The van der Waals surface area contributed by atoms with E-state index in [1.54, 1.807) is 6.33 Å². The van der Waals surface area contributed by atoms with Crippen molar-refractivity contribution in [3.05, 3.63) is 12.7 Å². The summed E-state index contributed by atoms with van der Waals surface area (Å²) in [4.78, 5) is 12.4. The van der Waals surface area contributed by atoms with Crippen LogP contribution in [0.5, 0.6) is 0 Å². The predicted molar refractivity (Wildman–Crippen MR) is 63.2 cm³/mol. The van der Waals surface area contributed by atoms with Gasteiger partial charge in [0.15, 0.2) is 11.5 Å². The molecule has 3 N–H and O–H groups in total. The number of nitrogens with zero attached hydrogens (tertiary/aromatic N) is 4. The number of nitrogen functional groups attached to an aromatic ring is 1. The lowest BCUT2D eigenvalue weighted by Crippen LogP contribution is -2.07. The number of hydrogen-bond donors (Lipinski definition) is 2. The largest absolute Gasteiger partial charge is 0.396 e. The third kappa shape index (κ3) is 1.64. The Morgan fingerprint density at radius 2 is 2.24 bits per heavy atom. The van der Waals surface area contributed by atoms with Crippen molar-refractivity contribution in [3.63, 3.8) is 0 Å². The fraction of sp³-hybridized carbons (Fsp3) is 0.545. The highest BCUT2D eigenvalue weighted by Gasteiger charge is 2.26. The third-order valence-corrected chi connectivity index (χ3v) is 3.55. The maximum atomic E-state index is 9.17. The molecule has 0 radical (unpaired) electrons. The van der Waals surface area contributed by atoms with E-state index in [1.807, 2.05) is 0 Å². The van der Waals surface area contributed by atoms with E-state index in [-0.39, 0.29) is 6.61 Å². The minimum Gasteiger partial charge on any atom is -0.396 e. The molecule has 1 aliphatic rings. The van der Waals surface area contributed by atoms with Gasteiger partial charge in [0.05, 0.1) is 6.33 Å². The summed E-state index contributed by atoms with van der Waals surface area (Å²) in [5.41, 5.74) is 7.21. The van der Waals surface area contributed by atoms with Gasteiger partial charge in [-0.25, -0.2) is 15.0 Å². The number of aliphatic hydroxyl groups is 1. The SMILES string of the molecule is Nc1ncnc2c1ncn2[C@H]1CC[C@@H](CO)C1. The minimum atomic E-state index is 0.264. The molecule has 3 rings (SSSR count). The van der Waals surface area contributed by atoms with E-state index < -0.39 is 0 Å². The van der Waals surface area contributed by atoms with Gasteiger partial charge in [0.2, 0.25) is 0 Å². The van der Waals surface area contributed by atoms with Crippen LogP contribution in [0.4, 0.5) is 5.82 Å². The fourth-order valence-electron chi connectivity index (χ4n) is 2.60. The summed E-state index contributed by atoms with van der Waals surface area (Å²) in [5.74, 6) is 0.821. The van der Waals surface area contributed by atoms with Gasteiger partial charge in [0.25, 0.3) is 0 Å². The average Bonchev–Trinajstić information content (AvgIpc) is 2.94. The molecular formula is C11H15N5O. The van der Waals surface area contributed by atoms with Gasteiger partial charge in [-0.1, -0.05) is 0 Å². The number of fused-ring (bicyclic) bond motifs is 1. The minimum absolute atomic E-state index is 0.264. The maximum Gasteiger partial charge on any atom is 0.165 e. The lowest BCUT2D eigenvalue weighted by molar-refractivity contribution is 0.226. The molecule has 2 atom stereocenters. The van der Waals surface area contributed by atoms with Crippen molar-refractivity contribution < 1.29 is 5.11 Å². The Labute approximate surface area is 98.5 Å². The van der Waals surface area contributed by atoms with Crippen LogP contribution in [0.2, 0.25) is 0 Å². The van der Waals surface area contributed by atoms with E-state index in [2.05, 4.69) is 19.5 Å². The highest BCUT2D eigenvalue weighted by molar-refractivity contribution is 5.81. The molecule has 0 unspecified atom stereocenters. The van der Waals surface area contributed by atoms with Gasteiger partial charge < -0.3 is 15.4 Å². The van der Waals surface area contributed by atoms with Crippen molar-refractivity contribution in [3.8, 4) is 0 Å². The maximum absolute atomic E-state index is 9.17. The molecule has 0 spiro atoms.